The maximum Gasteiger partial charge on any atom is 0.223 e. The van der Waals surface area contributed by atoms with Crippen molar-refractivity contribution in [3.05, 3.63) is 23.8 Å². The molecule has 2 rings (SSSR count). The summed E-state index contributed by atoms with van der Waals surface area (Å²) in [6.45, 7) is 2.07. The molecule has 1 heterocycles. The Labute approximate surface area is 125 Å². The fraction of sp³-hybridized carbons (Fsp3) is 0.562. The van der Waals surface area contributed by atoms with E-state index in [1.165, 1.54) is 5.56 Å². The van der Waals surface area contributed by atoms with E-state index < -0.39 is 0 Å². The maximum absolute atomic E-state index is 11.9. The molecular formula is C16H23NO4. The first-order valence-electron chi connectivity index (χ1n) is 7.15. The molecule has 0 aromatic heterocycles. The predicted octanol–water partition coefficient (Wildman–Crippen LogP) is 1.74. The van der Waals surface area contributed by atoms with E-state index >= 15 is 0 Å². The number of hydrogen-bond acceptors (Lipinski definition) is 4. The van der Waals surface area contributed by atoms with Crippen LogP contribution in [0.4, 0.5) is 0 Å². The summed E-state index contributed by atoms with van der Waals surface area (Å²) in [5.74, 6) is 2.03. The Hall–Kier alpha value is -1.75. The summed E-state index contributed by atoms with van der Waals surface area (Å²) < 4.78 is 15.6. The van der Waals surface area contributed by atoms with Crippen molar-refractivity contribution < 1.29 is 19.0 Å². The van der Waals surface area contributed by atoms with E-state index in [1.54, 1.807) is 21.3 Å². The molecule has 1 saturated heterocycles. The van der Waals surface area contributed by atoms with Crippen molar-refractivity contribution in [1.29, 1.82) is 0 Å². The second-order valence-corrected chi connectivity index (χ2v) is 5.30. The fourth-order valence-corrected chi connectivity index (χ4v) is 2.75. The Kier molecular flexibility index (Phi) is 5.44. The van der Waals surface area contributed by atoms with Crippen LogP contribution in [0.25, 0.3) is 0 Å². The molecule has 1 amide bonds. The van der Waals surface area contributed by atoms with Gasteiger partial charge >= 0.3 is 0 Å². The Morgan fingerprint density at radius 2 is 1.95 bits per heavy atom. The highest BCUT2D eigenvalue weighted by Crippen LogP contribution is 2.30. The second-order valence-electron chi connectivity index (χ2n) is 5.30. The zero-order chi connectivity index (χ0) is 15.2. The summed E-state index contributed by atoms with van der Waals surface area (Å²) >= 11 is 0. The Morgan fingerprint density at radius 3 is 2.62 bits per heavy atom. The number of hydrogen-bond donors (Lipinski definition) is 0. The smallest absolute Gasteiger partial charge is 0.223 e. The predicted molar refractivity (Wildman–Crippen MR) is 79.8 cm³/mol. The van der Waals surface area contributed by atoms with Crippen LogP contribution in [0.15, 0.2) is 18.2 Å². The Bertz CT molecular complexity index is 489. The summed E-state index contributed by atoms with van der Waals surface area (Å²) in [4.78, 5) is 13.8. The van der Waals surface area contributed by atoms with Gasteiger partial charge in [-0.25, -0.2) is 0 Å². The summed E-state index contributed by atoms with van der Waals surface area (Å²) in [7, 11) is 4.91. The molecule has 1 unspecified atom stereocenters. The van der Waals surface area contributed by atoms with Gasteiger partial charge in [0.15, 0.2) is 11.5 Å². The third-order valence-electron chi connectivity index (χ3n) is 3.83. The van der Waals surface area contributed by atoms with Crippen LogP contribution in [0.3, 0.4) is 0 Å². The van der Waals surface area contributed by atoms with E-state index in [0.29, 0.717) is 25.5 Å². The maximum atomic E-state index is 11.9. The van der Waals surface area contributed by atoms with Crippen LogP contribution >= 0.6 is 0 Å². The van der Waals surface area contributed by atoms with Gasteiger partial charge in [0.05, 0.1) is 20.8 Å². The molecule has 0 saturated carbocycles. The lowest BCUT2D eigenvalue weighted by Crippen LogP contribution is -2.28. The normalized spacial score (nSPS) is 18.1. The molecular weight excluding hydrogens is 270 g/mol. The molecule has 116 valence electrons. The molecule has 5 heteroatoms. The Balaban J connectivity index is 1.98. The van der Waals surface area contributed by atoms with Gasteiger partial charge in [0.25, 0.3) is 0 Å². The number of likely N-dealkylation sites (tertiary alicyclic amines) is 1. The minimum absolute atomic E-state index is 0.220. The molecule has 0 N–H and O–H groups in total. The number of methoxy groups -OCH3 is 3. The molecule has 0 aliphatic carbocycles. The summed E-state index contributed by atoms with van der Waals surface area (Å²) in [6.07, 6.45) is 1.48. The number of benzene rings is 1. The van der Waals surface area contributed by atoms with Crippen LogP contribution in [0, 0.1) is 5.92 Å². The van der Waals surface area contributed by atoms with E-state index in [1.807, 2.05) is 23.1 Å². The van der Waals surface area contributed by atoms with Gasteiger partial charge in [0, 0.05) is 26.6 Å². The van der Waals surface area contributed by atoms with Crippen LogP contribution in [-0.2, 0) is 16.0 Å². The zero-order valence-corrected chi connectivity index (χ0v) is 12.9. The molecule has 1 aromatic carbocycles. The van der Waals surface area contributed by atoms with Crippen LogP contribution in [0.5, 0.6) is 11.5 Å². The highest BCUT2D eigenvalue weighted by atomic mass is 16.5. The van der Waals surface area contributed by atoms with Crippen molar-refractivity contribution in [2.24, 2.45) is 5.92 Å². The quantitative estimate of drug-likeness (QED) is 0.768. The third kappa shape index (κ3) is 3.88. The molecule has 1 aliphatic heterocycles. The van der Waals surface area contributed by atoms with Gasteiger partial charge in [-0.15, -0.1) is 0 Å². The summed E-state index contributed by atoms with van der Waals surface area (Å²) in [5.41, 5.74) is 1.17. The third-order valence-corrected chi connectivity index (χ3v) is 3.83. The van der Waals surface area contributed by atoms with Crippen molar-refractivity contribution in [2.45, 2.75) is 12.8 Å². The van der Waals surface area contributed by atoms with Crippen molar-refractivity contribution >= 4 is 5.91 Å². The number of amides is 1. The van der Waals surface area contributed by atoms with Gasteiger partial charge in [-0.1, -0.05) is 6.07 Å². The zero-order valence-electron chi connectivity index (χ0n) is 12.9. The Morgan fingerprint density at radius 1 is 1.19 bits per heavy atom. The van der Waals surface area contributed by atoms with Crippen LogP contribution in [0.1, 0.15) is 12.0 Å². The molecule has 5 nitrogen and oxygen atoms in total. The van der Waals surface area contributed by atoms with Crippen LogP contribution < -0.4 is 9.47 Å². The molecule has 1 atom stereocenters. The lowest BCUT2D eigenvalue weighted by Gasteiger charge is -2.16. The minimum atomic E-state index is 0.220. The number of ether oxygens (including phenoxy) is 3. The number of rotatable bonds is 7. The fourth-order valence-electron chi connectivity index (χ4n) is 2.75. The van der Waals surface area contributed by atoms with E-state index in [9.17, 15) is 4.79 Å². The summed E-state index contributed by atoms with van der Waals surface area (Å²) in [5, 5.41) is 0. The van der Waals surface area contributed by atoms with Crippen molar-refractivity contribution in [3.8, 4) is 11.5 Å². The van der Waals surface area contributed by atoms with Gasteiger partial charge in [-0.2, -0.15) is 0 Å². The topological polar surface area (TPSA) is 48.0 Å². The molecule has 0 radical (unpaired) electrons. The highest BCUT2D eigenvalue weighted by Gasteiger charge is 2.29. The van der Waals surface area contributed by atoms with E-state index in [0.717, 1.165) is 24.5 Å². The monoisotopic (exact) mass is 293 g/mol. The van der Waals surface area contributed by atoms with Gasteiger partial charge in [0.2, 0.25) is 5.91 Å². The molecule has 1 aromatic rings. The lowest BCUT2D eigenvalue weighted by atomic mass is 9.98. The van der Waals surface area contributed by atoms with Crippen LogP contribution in [0.2, 0.25) is 0 Å². The van der Waals surface area contributed by atoms with Crippen LogP contribution in [-0.4, -0.2) is 51.8 Å². The number of carbonyl (C=O) groups excluding carboxylic acids is 1. The largest absolute Gasteiger partial charge is 0.493 e. The van der Waals surface area contributed by atoms with E-state index in [4.69, 9.17) is 14.2 Å². The average molecular weight is 293 g/mol. The molecule has 0 bridgehead atoms. The minimum Gasteiger partial charge on any atom is -0.493 e. The first kappa shape index (κ1) is 15.6. The first-order valence-corrected chi connectivity index (χ1v) is 7.15. The van der Waals surface area contributed by atoms with E-state index in [2.05, 4.69) is 0 Å². The van der Waals surface area contributed by atoms with Crippen molar-refractivity contribution in [2.75, 3.05) is 41.0 Å². The van der Waals surface area contributed by atoms with Gasteiger partial charge in [-0.3, -0.25) is 4.79 Å². The SMILES string of the molecule is COCCN1CC(Cc2ccc(OC)c(OC)c2)CC1=O. The standard InChI is InChI=1S/C16H23NO4/c1-19-7-6-17-11-13(10-16(17)18)8-12-4-5-14(20-2)15(9-12)21-3/h4-5,9,13H,6-8,10-11H2,1-3H3. The number of carbonyl (C=O) groups is 1. The number of nitrogens with zero attached hydrogens (tertiary/aromatic N) is 1. The van der Waals surface area contributed by atoms with Gasteiger partial charge < -0.3 is 19.1 Å². The molecule has 21 heavy (non-hydrogen) atoms. The average Bonchev–Trinajstić information content (AvgIpc) is 2.84. The first-order chi connectivity index (χ1) is 10.2. The van der Waals surface area contributed by atoms with Gasteiger partial charge in [-0.05, 0) is 30.0 Å². The highest BCUT2D eigenvalue weighted by molar-refractivity contribution is 5.78. The lowest BCUT2D eigenvalue weighted by molar-refractivity contribution is -0.128. The van der Waals surface area contributed by atoms with E-state index in [-0.39, 0.29) is 5.91 Å². The molecule has 1 aliphatic rings. The van der Waals surface area contributed by atoms with Crippen molar-refractivity contribution in [3.63, 3.8) is 0 Å². The molecule has 0 spiro atoms. The second kappa shape index (κ2) is 7.31. The molecule has 1 fully saturated rings. The van der Waals surface area contributed by atoms with Gasteiger partial charge in [0.1, 0.15) is 0 Å². The summed E-state index contributed by atoms with van der Waals surface area (Å²) in [6, 6.07) is 5.93. The van der Waals surface area contributed by atoms with Crippen molar-refractivity contribution in [1.82, 2.24) is 4.90 Å².